The molecule has 1 aromatic rings. The molecule has 0 radical (unpaired) electrons. The number of amides is 2. The fourth-order valence-corrected chi connectivity index (χ4v) is 1.50. The van der Waals surface area contributed by atoms with Crippen LogP contribution >= 0.6 is 12.2 Å². The minimum atomic E-state index is -0.643. The van der Waals surface area contributed by atoms with Gasteiger partial charge in [-0.25, -0.2) is 4.79 Å². The average molecular weight is 351 g/mol. The molecule has 1 rings (SSSR count). The molecule has 24 heavy (non-hydrogen) atoms. The van der Waals surface area contributed by atoms with Crippen LogP contribution in [0.15, 0.2) is 42.5 Å². The van der Waals surface area contributed by atoms with Crippen LogP contribution in [0.3, 0.4) is 0 Å². The predicted octanol–water partition coefficient (Wildman–Crippen LogP) is 0.207. The second-order valence-corrected chi connectivity index (χ2v) is 4.59. The van der Waals surface area contributed by atoms with Crippen LogP contribution in [0, 0.1) is 0 Å². The van der Waals surface area contributed by atoms with Gasteiger partial charge in [0.25, 0.3) is 5.91 Å². The molecule has 0 saturated carbocycles. The summed E-state index contributed by atoms with van der Waals surface area (Å²) in [7, 11) is 0. The highest BCUT2D eigenvalue weighted by atomic mass is 32.1. The van der Waals surface area contributed by atoms with Gasteiger partial charge in [0.1, 0.15) is 5.75 Å². The molecule has 0 bridgehead atoms. The first-order valence-corrected chi connectivity index (χ1v) is 7.34. The van der Waals surface area contributed by atoms with E-state index in [2.05, 4.69) is 20.9 Å². The number of benzene rings is 1. The Morgan fingerprint density at radius 2 is 1.83 bits per heavy atom. The van der Waals surface area contributed by atoms with Gasteiger partial charge in [0.15, 0.2) is 11.7 Å². The van der Waals surface area contributed by atoms with E-state index in [9.17, 15) is 14.4 Å². The highest BCUT2D eigenvalue weighted by Crippen LogP contribution is 2.07. The van der Waals surface area contributed by atoms with Crippen LogP contribution in [0.2, 0.25) is 0 Å². The number of esters is 1. The van der Waals surface area contributed by atoms with E-state index in [0.717, 1.165) is 12.2 Å². The summed E-state index contributed by atoms with van der Waals surface area (Å²) in [4.78, 5) is 34.0. The Hall–Kier alpha value is -2.94. The molecule has 3 N–H and O–H groups in total. The molecule has 0 saturated heterocycles. The topological polar surface area (TPSA) is 106 Å². The largest absolute Gasteiger partial charge is 0.484 e. The predicted molar refractivity (Wildman–Crippen MR) is 89.7 cm³/mol. The Balaban J connectivity index is 2.24. The third-order valence-corrected chi connectivity index (χ3v) is 2.53. The molecule has 0 unspecified atom stereocenters. The summed E-state index contributed by atoms with van der Waals surface area (Å²) in [6.07, 6.45) is 1.93. The van der Waals surface area contributed by atoms with Crippen molar-refractivity contribution in [2.45, 2.75) is 6.92 Å². The van der Waals surface area contributed by atoms with Crippen LogP contribution in [0.25, 0.3) is 0 Å². The van der Waals surface area contributed by atoms with Gasteiger partial charge in [0.05, 0.1) is 6.61 Å². The van der Waals surface area contributed by atoms with Gasteiger partial charge in [-0.2, -0.15) is 0 Å². The van der Waals surface area contributed by atoms with Crippen LogP contribution in [0.5, 0.6) is 5.75 Å². The lowest BCUT2D eigenvalue weighted by Crippen LogP contribution is -2.49. The molecule has 8 nitrogen and oxygen atoms in total. The minimum Gasteiger partial charge on any atom is -0.484 e. The van der Waals surface area contributed by atoms with Crippen molar-refractivity contribution in [2.24, 2.45) is 0 Å². The summed E-state index contributed by atoms with van der Waals surface area (Å²) >= 11 is 4.81. The molecule has 0 aromatic heterocycles. The zero-order valence-corrected chi connectivity index (χ0v) is 13.7. The lowest BCUT2D eigenvalue weighted by Gasteiger charge is -2.10. The van der Waals surface area contributed by atoms with Crippen molar-refractivity contribution in [1.29, 1.82) is 0 Å². The number of thiocarbonyl (C=S) groups is 1. The summed E-state index contributed by atoms with van der Waals surface area (Å²) in [5.74, 6) is -1.22. The number of carbonyl (C=O) groups is 3. The third-order valence-electron chi connectivity index (χ3n) is 2.32. The van der Waals surface area contributed by atoms with Crippen LogP contribution in [-0.4, -0.2) is 36.1 Å². The molecule has 9 heteroatoms. The van der Waals surface area contributed by atoms with Crippen molar-refractivity contribution in [3.8, 4) is 5.75 Å². The van der Waals surface area contributed by atoms with Crippen LogP contribution in [0.4, 0.5) is 0 Å². The van der Waals surface area contributed by atoms with Crippen molar-refractivity contribution in [3.05, 3.63) is 42.5 Å². The number of ether oxygens (including phenoxy) is 2. The first-order chi connectivity index (χ1) is 11.5. The maximum atomic E-state index is 11.5. The zero-order chi connectivity index (χ0) is 17.8. The van der Waals surface area contributed by atoms with E-state index in [1.807, 2.05) is 6.07 Å². The molecule has 1 aromatic carbocycles. The zero-order valence-electron chi connectivity index (χ0n) is 12.9. The van der Waals surface area contributed by atoms with E-state index in [1.54, 1.807) is 31.2 Å². The average Bonchev–Trinajstić information content (AvgIpc) is 2.57. The molecular weight excluding hydrogens is 334 g/mol. The van der Waals surface area contributed by atoms with Gasteiger partial charge in [-0.3, -0.25) is 25.8 Å². The molecular formula is C15H17N3O5S. The summed E-state index contributed by atoms with van der Waals surface area (Å²) in [5.41, 5.74) is 4.59. The fraction of sp³-hybridized carbons (Fsp3) is 0.200. The normalized spacial score (nSPS) is 9.88. The van der Waals surface area contributed by atoms with E-state index in [1.165, 1.54) is 0 Å². The molecule has 0 aliphatic carbocycles. The van der Waals surface area contributed by atoms with Gasteiger partial charge in [0.2, 0.25) is 5.91 Å². The van der Waals surface area contributed by atoms with Crippen LogP contribution in [-0.2, 0) is 19.1 Å². The van der Waals surface area contributed by atoms with E-state index < -0.39 is 17.8 Å². The number of carbonyl (C=O) groups excluding carboxylic acids is 3. The molecule has 0 aliphatic rings. The molecule has 0 heterocycles. The van der Waals surface area contributed by atoms with Gasteiger partial charge >= 0.3 is 5.97 Å². The van der Waals surface area contributed by atoms with Crippen molar-refractivity contribution in [2.75, 3.05) is 13.2 Å². The lowest BCUT2D eigenvalue weighted by molar-refractivity contribution is -0.137. The van der Waals surface area contributed by atoms with Crippen LogP contribution < -0.4 is 20.9 Å². The smallest absolute Gasteiger partial charge is 0.330 e. The first-order valence-electron chi connectivity index (χ1n) is 6.93. The molecule has 0 atom stereocenters. The van der Waals surface area contributed by atoms with E-state index in [0.29, 0.717) is 5.75 Å². The van der Waals surface area contributed by atoms with E-state index in [4.69, 9.17) is 17.0 Å². The summed E-state index contributed by atoms with van der Waals surface area (Å²) in [6, 6.07) is 8.80. The van der Waals surface area contributed by atoms with Gasteiger partial charge < -0.3 is 9.47 Å². The molecule has 0 aliphatic heterocycles. The highest BCUT2D eigenvalue weighted by molar-refractivity contribution is 7.80. The second-order valence-electron chi connectivity index (χ2n) is 4.18. The Bertz CT molecular complexity index is 619. The lowest BCUT2D eigenvalue weighted by atomic mass is 10.3. The summed E-state index contributed by atoms with van der Waals surface area (Å²) < 4.78 is 9.84. The monoisotopic (exact) mass is 351 g/mol. The Kier molecular flexibility index (Phi) is 8.54. The van der Waals surface area contributed by atoms with Gasteiger partial charge in [-0.1, -0.05) is 18.2 Å². The van der Waals surface area contributed by atoms with Gasteiger partial charge in [-0.15, -0.1) is 0 Å². The fourth-order valence-electron chi connectivity index (χ4n) is 1.35. The Labute approximate surface area is 144 Å². The Morgan fingerprint density at radius 3 is 2.50 bits per heavy atom. The van der Waals surface area contributed by atoms with E-state index >= 15 is 0 Å². The second kappa shape index (κ2) is 10.7. The van der Waals surface area contributed by atoms with Crippen molar-refractivity contribution in [1.82, 2.24) is 16.2 Å². The van der Waals surface area contributed by atoms with Gasteiger partial charge in [-0.05, 0) is 31.3 Å². The summed E-state index contributed by atoms with van der Waals surface area (Å²) in [5, 5.41) is 2.10. The Morgan fingerprint density at radius 1 is 1.12 bits per heavy atom. The molecule has 128 valence electrons. The number of para-hydroxylation sites is 1. The SMILES string of the molecule is CCOC(=O)C=CC(=O)NC(=S)NNC(=O)COc1ccccc1. The standard InChI is InChI=1S/C15H17N3O5S/c1-2-22-14(21)9-8-12(19)16-15(24)18-17-13(20)10-23-11-6-4-3-5-7-11/h3-9H,2,10H2,1H3,(H,17,20)(H2,16,18,19,24). The third kappa shape index (κ3) is 8.49. The first kappa shape index (κ1) is 19.1. The molecule has 0 spiro atoms. The number of rotatable bonds is 6. The highest BCUT2D eigenvalue weighted by Gasteiger charge is 2.05. The van der Waals surface area contributed by atoms with E-state index in [-0.39, 0.29) is 18.3 Å². The van der Waals surface area contributed by atoms with Crippen LogP contribution in [0.1, 0.15) is 6.92 Å². The molecule has 2 amide bonds. The number of hydrazine groups is 1. The number of hydrogen-bond acceptors (Lipinski definition) is 6. The maximum absolute atomic E-state index is 11.5. The molecule has 0 fully saturated rings. The summed E-state index contributed by atoms with van der Waals surface area (Å²) in [6.45, 7) is 1.63. The van der Waals surface area contributed by atoms with Crippen molar-refractivity contribution >= 4 is 35.1 Å². The maximum Gasteiger partial charge on any atom is 0.330 e. The minimum absolute atomic E-state index is 0.137. The number of nitrogens with one attached hydrogen (secondary N) is 3. The number of hydrogen-bond donors (Lipinski definition) is 3. The quantitative estimate of drug-likeness (QED) is 0.291. The van der Waals surface area contributed by atoms with Crippen molar-refractivity contribution < 1.29 is 23.9 Å². The van der Waals surface area contributed by atoms with Crippen molar-refractivity contribution in [3.63, 3.8) is 0 Å². The van der Waals surface area contributed by atoms with Gasteiger partial charge in [0, 0.05) is 12.2 Å².